The monoisotopic (exact) mass is 280 g/mol. The Morgan fingerprint density at radius 3 is 2.50 bits per heavy atom. The second kappa shape index (κ2) is 3.72. The second-order valence-electron chi connectivity index (χ2n) is 2.48. The van der Waals surface area contributed by atoms with Crippen molar-refractivity contribution in [2.45, 2.75) is 6.92 Å². The van der Waals surface area contributed by atoms with Crippen LogP contribution < -0.4 is 5.46 Å². The van der Waals surface area contributed by atoms with E-state index in [1.165, 1.54) is 6.07 Å². The summed E-state index contributed by atoms with van der Waals surface area (Å²) in [5, 5.41) is 17.7. The molecule has 0 spiro atoms. The van der Waals surface area contributed by atoms with Gasteiger partial charge in [-0.3, -0.25) is 0 Å². The highest BCUT2D eigenvalue weighted by Crippen LogP contribution is 2.10. The Hall–Kier alpha value is -0.135. The molecule has 0 radical (unpaired) electrons. The van der Waals surface area contributed by atoms with Gasteiger partial charge in [0.25, 0.3) is 0 Å². The minimum absolute atomic E-state index is 0.222. The van der Waals surface area contributed by atoms with Gasteiger partial charge in [0, 0.05) is 3.57 Å². The Balaban J connectivity index is 3.28. The first kappa shape index (κ1) is 9.95. The van der Waals surface area contributed by atoms with Crippen molar-refractivity contribution in [3.8, 4) is 0 Å². The van der Waals surface area contributed by atoms with Gasteiger partial charge in [0.2, 0.25) is 0 Å². The molecule has 0 atom stereocenters. The van der Waals surface area contributed by atoms with Crippen LogP contribution in [0, 0.1) is 16.3 Å². The van der Waals surface area contributed by atoms with E-state index >= 15 is 0 Å². The van der Waals surface area contributed by atoms with E-state index < -0.39 is 12.9 Å². The van der Waals surface area contributed by atoms with E-state index in [0.717, 1.165) is 6.07 Å². The maximum Gasteiger partial charge on any atom is 0.488 e. The fraction of sp³-hybridized carbons (Fsp3) is 0.143. The molecule has 2 N–H and O–H groups in total. The number of rotatable bonds is 1. The van der Waals surface area contributed by atoms with Crippen molar-refractivity contribution in [2.24, 2.45) is 0 Å². The fourth-order valence-corrected chi connectivity index (χ4v) is 1.54. The van der Waals surface area contributed by atoms with Crippen molar-refractivity contribution in [3.05, 3.63) is 27.1 Å². The zero-order chi connectivity index (χ0) is 9.30. The van der Waals surface area contributed by atoms with E-state index in [0.29, 0.717) is 9.13 Å². The lowest BCUT2D eigenvalue weighted by Gasteiger charge is -2.06. The van der Waals surface area contributed by atoms with Gasteiger partial charge in [0.05, 0.1) is 0 Å². The predicted molar refractivity (Wildman–Crippen MR) is 53.7 cm³/mol. The average molecular weight is 280 g/mol. The van der Waals surface area contributed by atoms with E-state index in [4.69, 9.17) is 10.0 Å². The molecule has 0 aromatic heterocycles. The van der Waals surface area contributed by atoms with Gasteiger partial charge in [0.1, 0.15) is 5.82 Å². The molecule has 12 heavy (non-hydrogen) atoms. The molecule has 2 nitrogen and oxygen atoms in total. The Bertz CT molecular complexity index is 304. The zero-order valence-corrected chi connectivity index (χ0v) is 8.54. The Kier molecular flexibility index (Phi) is 3.08. The average Bonchev–Trinajstić information content (AvgIpc) is 1.96. The fourth-order valence-electron chi connectivity index (χ4n) is 0.934. The lowest BCUT2D eigenvalue weighted by Crippen LogP contribution is -2.33. The first-order valence-electron chi connectivity index (χ1n) is 3.34. The topological polar surface area (TPSA) is 40.5 Å². The van der Waals surface area contributed by atoms with Gasteiger partial charge >= 0.3 is 7.12 Å². The van der Waals surface area contributed by atoms with Gasteiger partial charge in [-0.05, 0) is 52.7 Å². The molecule has 0 aliphatic heterocycles. The molecule has 0 aliphatic carbocycles. The van der Waals surface area contributed by atoms with Crippen molar-refractivity contribution >= 4 is 35.2 Å². The van der Waals surface area contributed by atoms with E-state index in [1.54, 1.807) is 6.92 Å². The van der Waals surface area contributed by atoms with Crippen LogP contribution in [0.5, 0.6) is 0 Å². The van der Waals surface area contributed by atoms with Gasteiger partial charge in [-0.2, -0.15) is 0 Å². The van der Waals surface area contributed by atoms with Gasteiger partial charge in [-0.1, -0.05) is 0 Å². The van der Waals surface area contributed by atoms with E-state index in [2.05, 4.69) is 0 Å². The lowest BCUT2D eigenvalue weighted by molar-refractivity contribution is 0.425. The summed E-state index contributed by atoms with van der Waals surface area (Å²) in [5.74, 6) is -0.451. The highest BCUT2D eigenvalue weighted by Gasteiger charge is 2.16. The summed E-state index contributed by atoms with van der Waals surface area (Å²) in [6.45, 7) is 1.72. The SMILES string of the molecule is Cc1c(I)cc(F)cc1B(O)O. The van der Waals surface area contributed by atoms with Crippen LogP contribution >= 0.6 is 22.6 Å². The largest absolute Gasteiger partial charge is 0.488 e. The third-order valence-corrected chi connectivity index (χ3v) is 2.75. The molecule has 0 bridgehead atoms. The molecule has 0 saturated carbocycles. The van der Waals surface area contributed by atoms with Crippen LogP contribution in [0.1, 0.15) is 5.56 Å². The van der Waals surface area contributed by atoms with Crippen molar-refractivity contribution < 1.29 is 14.4 Å². The molecule has 0 unspecified atom stereocenters. The van der Waals surface area contributed by atoms with Crippen LogP contribution in [0.3, 0.4) is 0 Å². The van der Waals surface area contributed by atoms with Crippen LogP contribution in [-0.2, 0) is 0 Å². The highest BCUT2D eigenvalue weighted by molar-refractivity contribution is 14.1. The quantitative estimate of drug-likeness (QED) is 0.578. The lowest BCUT2D eigenvalue weighted by atomic mass is 9.77. The summed E-state index contributed by atoms with van der Waals surface area (Å²) in [5.41, 5.74) is 0.923. The Labute approximate surface area is 83.7 Å². The Morgan fingerprint density at radius 1 is 1.42 bits per heavy atom. The molecule has 1 aromatic carbocycles. The zero-order valence-electron chi connectivity index (χ0n) is 6.38. The van der Waals surface area contributed by atoms with Crippen LogP contribution in [0.25, 0.3) is 0 Å². The van der Waals surface area contributed by atoms with E-state index in [1.807, 2.05) is 22.6 Å². The van der Waals surface area contributed by atoms with Crippen molar-refractivity contribution in [1.29, 1.82) is 0 Å². The molecule has 1 rings (SSSR count). The van der Waals surface area contributed by atoms with Gasteiger partial charge in [-0.25, -0.2) is 4.39 Å². The van der Waals surface area contributed by atoms with Crippen molar-refractivity contribution in [2.75, 3.05) is 0 Å². The summed E-state index contributed by atoms with van der Waals surface area (Å²) >= 11 is 1.95. The van der Waals surface area contributed by atoms with Crippen LogP contribution in [0.15, 0.2) is 12.1 Å². The number of benzene rings is 1. The third kappa shape index (κ3) is 1.96. The van der Waals surface area contributed by atoms with Gasteiger partial charge < -0.3 is 10.0 Å². The first-order valence-corrected chi connectivity index (χ1v) is 4.42. The maximum atomic E-state index is 12.7. The number of hydrogen-bond acceptors (Lipinski definition) is 2. The first-order chi connectivity index (χ1) is 5.52. The number of hydrogen-bond donors (Lipinski definition) is 2. The van der Waals surface area contributed by atoms with Gasteiger partial charge in [0.15, 0.2) is 0 Å². The van der Waals surface area contributed by atoms with E-state index in [9.17, 15) is 4.39 Å². The Morgan fingerprint density at radius 2 is 2.00 bits per heavy atom. The van der Waals surface area contributed by atoms with Crippen molar-refractivity contribution in [3.63, 3.8) is 0 Å². The normalized spacial score (nSPS) is 10.1. The highest BCUT2D eigenvalue weighted by atomic mass is 127. The molecule has 0 saturated heterocycles. The molecule has 5 heteroatoms. The summed E-state index contributed by atoms with van der Waals surface area (Å²) in [6, 6.07) is 2.48. The maximum absolute atomic E-state index is 12.7. The summed E-state index contributed by atoms with van der Waals surface area (Å²) < 4.78 is 13.4. The minimum Gasteiger partial charge on any atom is -0.423 e. The summed E-state index contributed by atoms with van der Waals surface area (Å²) in [4.78, 5) is 0. The van der Waals surface area contributed by atoms with Crippen LogP contribution in [0.4, 0.5) is 4.39 Å². The molecular weight excluding hydrogens is 273 g/mol. The molecule has 64 valence electrons. The standard InChI is InChI=1S/C7H7BFIO2/c1-4-6(8(11)12)2-5(9)3-7(4)10/h2-3,11-12H,1H3. The van der Waals surface area contributed by atoms with Gasteiger partial charge in [-0.15, -0.1) is 0 Å². The number of halogens is 2. The minimum atomic E-state index is -1.60. The second-order valence-corrected chi connectivity index (χ2v) is 3.64. The summed E-state index contributed by atoms with van der Waals surface area (Å²) in [7, 11) is -1.60. The molecule has 0 fully saturated rings. The van der Waals surface area contributed by atoms with Crippen molar-refractivity contribution in [1.82, 2.24) is 0 Å². The molecule has 0 aliphatic rings. The van der Waals surface area contributed by atoms with Crippen LogP contribution in [0.2, 0.25) is 0 Å². The van der Waals surface area contributed by atoms with Crippen LogP contribution in [-0.4, -0.2) is 17.2 Å². The molecule has 0 heterocycles. The molecule has 0 amide bonds. The predicted octanol–water partition coefficient (Wildman–Crippen LogP) is 0.419. The smallest absolute Gasteiger partial charge is 0.423 e. The molecule has 1 aromatic rings. The summed E-state index contributed by atoms with van der Waals surface area (Å²) in [6.07, 6.45) is 0. The third-order valence-electron chi connectivity index (χ3n) is 1.63. The van der Waals surface area contributed by atoms with E-state index in [-0.39, 0.29) is 5.46 Å². The molecular formula is C7H7BFIO2.